The third kappa shape index (κ3) is 4.34. The summed E-state index contributed by atoms with van der Waals surface area (Å²) in [6, 6.07) is 9.27. The van der Waals surface area contributed by atoms with Crippen molar-refractivity contribution >= 4 is 34.9 Å². The van der Waals surface area contributed by atoms with Gasteiger partial charge < -0.3 is 5.32 Å². The molecule has 6 nitrogen and oxygen atoms in total. The summed E-state index contributed by atoms with van der Waals surface area (Å²) in [6.07, 6.45) is 4.87. The molecule has 0 fully saturated rings. The third-order valence-corrected chi connectivity index (χ3v) is 3.52. The number of benzene rings is 1. The topological polar surface area (TPSA) is 64.7 Å². The predicted octanol–water partition coefficient (Wildman–Crippen LogP) is 3.07. The zero-order chi connectivity index (χ0) is 16.2. The molecule has 2 aromatic heterocycles. The van der Waals surface area contributed by atoms with Crippen LogP contribution in [-0.2, 0) is 17.9 Å². The molecule has 0 atom stereocenters. The number of hydrogen-bond donors (Lipinski definition) is 1. The largest absolute Gasteiger partial charge is 0.308 e. The SMILES string of the molecule is O=C(Cn1cc(Cl)cn1)Nc1ccn(Cc2ccc(Cl)cc2)n1. The summed E-state index contributed by atoms with van der Waals surface area (Å²) in [5, 5.41) is 12.2. The Hall–Kier alpha value is -2.31. The number of nitrogens with one attached hydrogen (secondary N) is 1. The Kier molecular flexibility index (Phi) is 4.64. The Morgan fingerprint density at radius 1 is 1.09 bits per heavy atom. The van der Waals surface area contributed by atoms with Crippen molar-refractivity contribution in [2.45, 2.75) is 13.1 Å². The van der Waals surface area contributed by atoms with E-state index in [2.05, 4.69) is 15.5 Å². The lowest BCUT2D eigenvalue weighted by Crippen LogP contribution is -2.19. The molecule has 0 unspecified atom stereocenters. The Morgan fingerprint density at radius 3 is 2.57 bits per heavy atom. The average molecular weight is 350 g/mol. The van der Waals surface area contributed by atoms with Gasteiger partial charge in [0.15, 0.2) is 5.82 Å². The summed E-state index contributed by atoms with van der Waals surface area (Å²) in [5.41, 5.74) is 1.07. The first kappa shape index (κ1) is 15.6. The van der Waals surface area contributed by atoms with Crippen LogP contribution >= 0.6 is 23.2 Å². The molecular weight excluding hydrogens is 337 g/mol. The van der Waals surface area contributed by atoms with Crippen LogP contribution in [0.15, 0.2) is 48.9 Å². The fraction of sp³-hybridized carbons (Fsp3) is 0.133. The van der Waals surface area contributed by atoms with Crippen LogP contribution in [0.1, 0.15) is 5.56 Å². The smallest absolute Gasteiger partial charge is 0.247 e. The molecule has 3 rings (SSSR count). The Bertz CT molecular complexity index is 809. The fourth-order valence-electron chi connectivity index (χ4n) is 2.05. The van der Waals surface area contributed by atoms with Gasteiger partial charge in [-0.05, 0) is 17.7 Å². The quantitative estimate of drug-likeness (QED) is 0.769. The van der Waals surface area contributed by atoms with Crippen molar-refractivity contribution in [1.82, 2.24) is 19.6 Å². The molecule has 2 heterocycles. The number of anilines is 1. The van der Waals surface area contributed by atoms with Gasteiger partial charge >= 0.3 is 0 Å². The molecule has 0 spiro atoms. The van der Waals surface area contributed by atoms with E-state index in [9.17, 15) is 4.79 Å². The molecule has 23 heavy (non-hydrogen) atoms. The maximum atomic E-state index is 11.9. The molecule has 1 N–H and O–H groups in total. The van der Waals surface area contributed by atoms with Gasteiger partial charge in [0.2, 0.25) is 5.91 Å². The molecule has 0 saturated heterocycles. The molecule has 8 heteroatoms. The van der Waals surface area contributed by atoms with Crippen LogP contribution < -0.4 is 5.32 Å². The Morgan fingerprint density at radius 2 is 1.87 bits per heavy atom. The van der Waals surface area contributed by atoms with Crippen LogP contribution in [0.5, 0.6) is 0 Å². The second-order valence-electron chi connectivity index (χ2n) is 4.93. The van der Waals surface area contributed by atoms with Crippen molar-refractivity contribution in [3.05, 3.63) is 64.5 Å². The maximum absolute atomic E-state index is 11.9. The van der Waals surface area contributed by atoms with Crippen LogP contribution in [0.3, 0.4) is 0 Å². The highest BCUT2D eigenvalue weighted by molar-refractivity contribution is 6.30. The number of nitrogens with zero attached hydrogens (tertiary/aromatic N) is 4. The number of aromatic nitrogens is 4. The van der Waals surface area contributed by atoms with Crippen molar-refractivity contribution in [3.63, 3.8) is 0 Å². The van der Waals surface area contributed by atoms with E-state index >= 15 is 0 Å². The number of carbonyl (C=O) groups is 1. The minimum Gasteiger partial charge on any atom is -0.308 e. The Balaban J connectivity index is 1.58. The van der Waals surface area contributed by atoms with Gasteiger partial charge in [-0.1, -0.05) is 35.3 Å². The van der Waals surface area contributed by atoms with E-state index in [1.54, 1.807) is 23.1 Å². The van der Waals surface area contributed by atoms with E-state index in [0.717, 1.165) is 5.56 Å². The standard InChI is InChI=1S/C15H13Cl2N5O/c16-12-3-1-11(2-4-12)8-21-6-5-14(20-21)19-15(23)10-22-9-13(17)7-18-22/h1-7,9H,8,10H2,(H,19,20,23). The normalized spacial score (nSPS) is 10.7. The first-order valence-electron chi connectivity index (χ1n) is 6.84. The van der Waals surface area contributed by atoms with Crippen molar-refractivity contribution in [2.24, 2.45) is 0 Å². The van der Waals surface area contributed by atoms with E-state index < -0.39 is 0 Å². The molecule has 0 aliphatic heterocycles. The van der Waals surface area contributed by atoms with E-state index in [0.29, 0.717) is 22.4 Å². The molecule has 0 saturated carbocycles. The molecular formula is C15H13Cl2N5O. The second kappa shape index (κ2) is 6.85. The number of rotatable bonds is 5. The summed E-state index contributed by atoms with van der Waals surface area (Å²) < 4.78 is 3.20. The highest BCUT2D eigenvalue weighted by Gasteiger charge is 2.07. The molecule has 0 bridgehead atoms. The van der Waals surface area contributed by atoms with Crippen LogP contribution in [-0.4, -0.2) is 25.5 Å². The number of hydrogen-bond acceptors (Lipinski definition) is 3. The van der Waals surface area contributed by atoms with Gasteiger partial charge in [0.1, 0.15) is 6.54 Å². The lowest BCUT2D eigenvalue weighted by Gasteiger charge is -2.03. The Labute approximate surface area is 142 Å². The average Bonchev–Trinajstić information content (AvgIpc) is 3.11. The van der Waals surface area contributed by atoms with Crippen molar-refractivity contribution in [2.75, 3.05) is 5.32 Å². The van der Waals surface area contributed by atoms with Gasteiger partial charge in [-0.15, -0.1) is 0 Å². The molecule has 1 aromatic carbocycles. The minimum absolute atomic E-state index is 0.0801. The van der Waals surface area contributed by atoms with Gasteiger partial charge in [0.25, 0.3) is 0 Å². The summed E-state index contributed by atoms with van der Waals surface area (Å²) in [6.45, 7) is 0.679. The van der Waals surface area contributed by atoms with Crippen molar-refractivity contribution in [1.29, 1.82) is 0 Å². The number of halogens is 2. The molecule has 118 valence electrons. The highest BCUT2D eigenvalue weighted by atomic mass is 35.5. The molecule has 1 amide bonds. The van der Waals surface area contributed by atoms with E-state index in [4.69, 9.17) is 23.2 Å². The van der Waals surface area contributed by atoms with Crippen LogP contribution in [0, 0.1) is 0 Å². The highest BCUT2D eigenvalue weighted by Crippen LogP contribution is 2.11. The lowest BCUT2D eigenvalue weighted by atomic mass is 10.2. The zero-order valence-corrected chi connectivity index (χ0v) is 13.5. The molecule has 0 aliphatic carbocycles. The van der Waals surface area contributed by atoms with Crippen LogP contribution in [0.4, 0.5) is 5.82 Å². The third-order valence-electron chi connectivity index (χ3n) is 3.07. The number of amides is 1. The minimum atomic E-state index is -0.221. The molecule has 3 aromatic rings. The van der Waals surface area contributed by atoms with Crippen molar-refractivity contribution in [3.8, 4) is 0 Å². The lowest BCUT2D eigenvalue weighted by molar-refractivity contribution is -0.116. The summed E-state index contributed by atoms with van der Waals surface area (Å²) >= 11 is 11.6. The fourth-order valence-corrected chi connectivity index (χ4v) is 2.33. The van der Waals surface area contributed by atoms with Crippen LogP contribution in [0.25, 0.3) is 0 Å². The summed E-state index contributed by atoms with van der Waals surface area (Å²) in [5.74, 6) is 0.267. The van der Waals surface area contributed by atoms with E-state index in [-0.39, 0.29) is 12.5 Å². The monoisotopic (exact) mass is 349 g/mol. The molecule has 0 aliphatic rings. The summed E-state index contributed by atoms with van der Waals surface area (Å²) in [4.78, 5) is 11.9. The van der Waals surface area contributed by atoms with E-state index in [1.807, 2.05) is 24.3 Å². The van der Waals surface area contributed by atoms with Crippen LogP contribution in [0.2, 0.25) is 10.0 Å². The van der Waals surface area contributed by atoms with Gasteiger partial charge in [-0.2, -0.15) is 10.2 Å². The second-order valence-corrected chi connectivity index (χ2v) is 5.80. The van der Waals surface area contributed by atoms with Gasteiger partial charge in [0.05, 0.1) is 17.8 Å². The summed E-state index contributed by atoms with van der Waals surface area (Å²) in [7, 11) is 0. The predicted molar refractivity (Wildman–Crippen MR) is 88.6 cm³/mol. The zero-order valence-electron chi connectivity index (χ0n) is 12.0. The molecule has 0 radical (unpaired) electrons. The van der Waals surface area contributed by atoms with Gasteiger partial charge in [-0.25, -0.2) is 0 Å². The van der Waals surface area contributed by atoms with Gasteiger partial charge in [-0.3, -0.25) is 14.2 Å². The first-order chi connectivity index (χ1) is 11.1. The number of carbonyl (C=O) groups excluding carboxylic acids is 1. The first-order valence-corrected chi connectivity index (χ1v) is 7.60. The van der Waals surface area contributed by atoms with Crippen molar-refractivity contribution < 1.29 is 4.79 Å². The maximum Gasteiger partial charge on any atom is 0.247 e. The van der Waals surface area contributed by atoms with Gasteiger partial charge in [0, 0.05) is 23.5 Å². The van der Waals surface area contributed by atoms with E-state index in [1.165, 1.54) is 10.9 Å².